The van der Waals surface area contributed by atoms with Gasteiger partial charge in [-0.3, -0.25) is 0 Å². The molecule has 0 aliphatic heterocycles. The number of hydrogen-bond donors (Lipinski definition) is 1. The minimum Gasteiger partial charge on any atom is -0.395 e. The number of aromatic nitrogens is 3. The summed E-state index contributed by atoms with van der Waals surface area (Å²) in [5.74, 6) is 0.616. The van der Waals surface area contributed by atoms with Crippen LogP contribution in [0.3, 0.4) is 0 Å². The van der Waals surface area contributed by atoms with E-state index in [2.05, 4.69) is 10.1 Å². The molecular weight excluding hydrogens is 212 g/mol. The molecule has 0 radical (unpaired) electrons. The predicted octanol–water partition coefficient (Wildman–Crippen LogP) is 2.12. The molecule has 2 aromatic heterocycles. The van der Waals surface area contributed by atoms with Crippen molar-refractivity contribution in [2.24, 2.45) is 0 Å². The van der Waals surface area contributed by atoms with Crippen LogP contribution in [0.1, 0.15) is 11.3 Å². The van der Waals surface area contributed by atoms with Crippen LogP contribution in [0.25, 0.3) is 5.82 Å². The minimum atomic E-state index is 0.609. The number of nitrogens with zero attached hydrogens (tertiary/aromatic N) is 3. The summed E-state index contributed by atoms with van der Waals surface area (Å²) in [5.41, 5.74) is 8.27. The monoisotopic (exact) mass is 222 g/mol. The first-order valence-electron chi connectivity index (χ1n) is 4.53. The number of hydrogen-bond acceptors (Lipinski definition) is 3. The molecular formula is C10H11ClN4. The van der Waals surface area contributed by atoms with Crippen molar-refractivity contribution in [1.82, 2.24) is 14.8 Å². The van der Waals surface area contributed by atoms with E-state index in [1.807, 2.05) is 19.9 Å². The van der Waals surface area contributed by atoms with Gasteiger partial charge in [-0.25, -0.2) is 9.67 Å². The fraction of sp³-hybridized carbons (Fsp3) is 0.200. The van der Waals surface area contributed by atoms with Gasteiger partial charge in [0.2, 0.25) is 0 Å². The zero-order valence-electron chi connectivity index (χ0n) is 8.53. The first kappa shape index (κ1) is 9.98. The number of halogens is 1. The van der Waals surface area contributed by atoms with E-state index in [1.165, 1.54) is 0 Å². The number of aryl methyl sites for hydroxylation is 2. The van der Waals surface area contributed by atoms with Crippen molar-refractivity contribution in [1.29, 1.82) is 0 Å². The Balaban J connectivity index is 2.59. The van der Waals surface area contributed by atoms with Gasteiger partial charge in [0.05, 0.1) is 22.6 Å². The van der Waals surface area contributed by atoms with Crippen molar-refractivity contribution in [2.75, 3.05) is 5.73 Å². The lowest BCUT2D eigenvalue weighted by Gasteiger charge is -2.05. The predicted molar refractivity (Wildman–Crippen MR) is 60.3 cm³/mol. The van der Waals surface area contributed by atoms with Crippen LogP contribution in [0.4, 0.5) is 5.69 Å². The minimum absolute atomic E-state index is 0.609. The average Bonchev–Trinajstić information content (AvgIpc) is 2.51. The molecule has 0 aromatic carbocycles. The van der Waals surface area contributed by atoms with E-state index < -0.39 is 0 Å². The molecule has 0 aliphatic carbocycles. The quantitative estimate of drug-likeness (QED) is 0.804. The van der Waals surface area contributed by atoms with Gasteiger partial charge in [-0.2, -0.15) is 5.10 Å². The summed E-state index contributed by atoms with van der Waals surface area (Å²) in [6.07, 6.45) is 3.40. The molecule has 0 saturated carbocycles. The molecule has 0 spiro atoms. The summed E-state index contributed by atoms with van der Waals surface area (Å²) >= 11 is 5.92. The Morgan fingerprint density at radius 2 is 2.13 bits per heavy atom. The molecule has 0 aliphatic rings. The Hall–Kier alpha value is -1.55. The summed E-state index contributed by atoms with van der Waals surface area (Å²) in [6.45, 7) is 3.77. The summed E-state index contributed by atoms with van der Waals surface area (Å²) in [6, 6.07) is 1.86. The Morgan fingerprint density at radius 3 is 2.73 bits per heavy atom. The summed E-state index contributed by atoms with van der Waals surface area (Å²) in [5, 5.41) is 4.83. The van der Waals surface area contributed by atoms with Gasteiger partial charge in [0.15, 0.2) is 5.82 Å². The smallest absolute Gasteiger partial charge is 0.176 e. The fourth-order valence-electron chi connectivity index (χ4n) is 1.29. The summed E-state index contributed by atoms with van der Waals surface area (Å²) in [7, 11) is 0. The first-order chi connectivity index (χ1) is 7.09. The van der Waals surface area contributed by atoms with Crippen LogP contribution in [-0.4, -0.2) is 14.8 Å². The number of nitrogen functional groups attached to an aromatic ring is 1. The van der Waals surface area contributed by atoms with E-state index >= 15 is 0 Å². The number of rotatable bonds is 1. The van der Waals surface area contributed by atoms with Gasteiger partial charge in [-0.05, 0) is 25.5 Å². The van der Waals surface area contributed by atoms with Crippen molar-refractivity contribution >= 4 is 17.3 Å². The standard InChI is InChI=1S/C10H11ClN4/c1-6-3-4-13-10(9(6)12)15-5-8(11)7(2)14-15/h3-5H,12H2,1-2H3. The molecule has 0 saturated heterocycles. The maximum Gasteiger partial charge on any atom is 0.176 e. The third-order valence-corrected chi connectivity index (χ3v) is 2.61. The third kappa shape index (κ3) is 1.68. The largest absolute Gasteiger partial charge is 0.395 e. The van der Waals surface area contributed by atoms with Gasteiger partial charge < -0.3 is 5.73 Å². The molecule has 2 rings (SSSR count). The third-order valence-electron chi connectivity index (χ3n) is 2.24. The highest BCUT2D eigenvalue weighted by Gasteiger charge is 2.09. The van der Waals surface area contributed by atoms with E-state index in [9.17, 15) is 0 Å². The van der Waals surface area contributed by atoms with E-state index in [1.54, 1.807) is 17.1 Å². The molecule has 0 amide bonds. The van der Waals surface area contributed by atoms with Crippen molar-refractivity contribution < 1.29 is 0 Å². The molecule has 78 valence electrons. The maximum absolute atomic E-state index is 5.92. The van der Waals surface area contributed by atoms with Crippen LogP contribution in [0, 0.1) is 13.8 Å². The Morgan fingerprint density at radius 1 is 1.40 bits per heavy atom. The zero-order valence-corrected chi connectivity index (χ0v) is 9.28. The van der Waals surface area contributed by atoms with Crippen molar-refractivity contribution in [3.8, 4) is 5.82 Å². The molecule has 0 unspecified atom stereocenters. The van der Waals surface area contributed by atoms with E-state index in [0.29, 0.717) is 16.5 Å². The SMILES string of the molecule is Cc1ccnc(-n2cc(Cl)c(C)n2)c1N. The summed E-state index contributed by atoms with van der Waals surface area (Å²) in [4.78, 5) is 4.18. The van der Waals surface area contributed by atoms with Gasteiger partial charge in [-0.1, -0.05) is 11.6 Å². The van der Waals surface area contributed by atoms with Gasteiger partial charge >= 0.3 is 0 Å². The second-order valence-electron chi connectivity index (χ2n) is 3.37. The lowest BCUT2D eigenvalue weighted by Crippen LogP contribution is -2.04. The van der Waals surface area contributed by atoms with Crippen LogP contribution in [-0.2, 0) is 0 Å². The normalized spacial score (nSPS) is 10.6. The van der Waals surface area contributed by atoms with Crippen LogP contribution in [0.2, 0.25) is 5.02 Å². The Kier molecular flexibility index (Phi) is 2.36. The molecule has 5 heteroatoms. The van der Waals surface area contributed by atoms with Crippen LogP contribution in [0.5, 0.6) is 0 Å². The van der Waals surface area contributed by atoms with Crippen LogP contribution >= 0.6 is 11.6 Å². The Bertz CT molecular complexity index is 485. The highest BCUT2D eigenvalue weighted by molar-refractivity contribution is 6.31. The van der Waals surface area contributed by atoms with E-state index in [-0.39, 0.29) is 0 Å². The van der Waals surface area contributed by atoms with Crippen LogP contribution < -0.4 is 5.73 Å². The van der Waals surface area contributed by atoms with E-state index in [4.69, 9.17) is 17.3 Å². The number of nitrogens with two attached hydrogens (primary N) is 1. The molecule has 4 nitrogen and oxygen atoms in total. The number of pyridine rings is 1. The maximum atomic E-state index is 5.92. The van der Waals surface area contributed by atoms with Gasteiger partial charge in [0.25, 0.3) is 0 Å². The Labute approximate surface area is 92.7 Å². The number of anilines is 1. The molecule has 2 heterocycles. The zero-order chi connectivity index (χ0) is 11.0. The topological polar surface area (TPSA) is 56.7 Å². The van der Waals surface area contributed by atoms with Crippen LogP contribution in [0.15, 0.2) is 18.5 Å². The highest BCUT2D eigenvalue weighted by Crippen LogP contribution is 2.20. The van der Waals surface area contributed by atoms with Crippen molar-refractivity contribution in [2.45, 2.75) is 13.8 Å². The molecule has 2 N–H and O–H groups in total. The van der Waals surface area contributed by atoms with Crippen molar-refractivity contribution in [3.63, 3.8) is 0 Å². The first-order valence-corrected chi connectivity index (χ1v) is 4.90. The molecule has 0 fully saturated rings. The molecule has 0 atom stereocenters. The second kappa shape index (κ2) is 3.55. The lowest BCUT2D eigenvalue weighted by molar-refractivity contribution is 0.834. The van der Waals surface area contributed by atoms with Crippen molar-refractivity contribution in [3.05, 3.63) is 34.7 Å². The van der Waals surface area contributed by atoms with E-state index in [0.717, 1.165) is 11.3 Å². The average molecular weight is 223 g/mol. The molecule has 2 aromatic rings. The highest BCUT2D eigenvalue weighted by atomic mass is 35.5. The lowest BCUT2D eigenvalue weighted by atomic mass is 10.2. The fourth-order valence-corrected chi connectivity index (χ4v) is 1.42. The van der Waals surface area contributed by atoms with Gasteiger partial charge in [0.1, 0.15) is 0 Å². The molecule has 0 bridgehead atoms. The van der Waals surface area contributed by atoms with Gasteiger partial charge in [0, 0.05) is 6.20 Å². The van der Waals surface area contributed by atoms with Gasteiger partial charge in [-0.15, -0.1) is 0 Å². The second-order valence-corrected chi connectivity index (χ2v) is 3.78. The summed E-state index contributed by atoms with van der Waals surface area (Å²) < 4.78 is 1.60. The molecule has 15 heavy (non-hydrogen) atoms.